The summed E-state index contributed by atoms with van der Waals surface area (Å²) in [6.45, 7) is 2.03. The van der Waals surface area contributed by atoms with Crippen LogP contribution in [0.15, 0.2) is 54.6 Å². The molecule has 102 valence electrons. The van der Waals surface area contributed by atoms with Crippen LogP contribution in [0, 0.1) is 6.92 Å². The first kappa shape index (κ1) is 13.9. The van der Waals surface area contributed by atoms with Crippen LogP contribution in [0.2, 0.25) is 0 Å². The Balaban J connectivity index is 2.03. The van der Waals surface area contributed by atoms with Crippen LogP contribution in [0.5, 0.6) is 5.75 Å². The molecule has 0 saturated carbocycles. The van der Waals surface area contributed by atoms with E-state index >= 15 is 0 Å². The van der Waals surface area contributed by atoms with Crippen molar-refractivity contribution in [2.75, 3.05) is 12.4 Å². The molecule has 0 aromatic heterocycles. The van der Waals surface area contributed by atoms with Gasteiger partial charge >= 0.3 is 0 Å². The van der Waals surface area contributed by atoms with Gasteiger partial charge in [0.15, 0.2) is 0 Å². The van der Waals surface area contributed by atoms with E-state index in [1.54, 1.807) is 25.3 Å². The smallest absolute Gasteiger partial charge is 0.248 e. The number of anilines is 1. The van der Waals surface area contributed by atoms with E-state index in [1.807, 2.05) is 43.3 Å². The molecule has 3 heteroatoms. The van der Waals surface area contributed by atoms with Crippen molar-refractivity contribution in [1.82, 2.24) is 0 Å². The molecule has 0 aliphatic heterocycles. The molecule has 0 radical (unpaired) electrons. The molecule has 0 atom stereocenters. The van der Waals surface area contributed by atoms with Gasteiger partial charge in [0.2, 0.25) is 5.91 Å². The van der Waals surface area contributed by atoms with E-state index in [9.17, 15) is 4.79 Å². The second kappa shape index (κ2) is 6.57. The number of carbonyl (C=O) groups excluding carboxylic acids is 1. The SMILES string of the molecule is COc1ccccc1NC(=O)C=Cc1ccc(C)cc1. The van der Waals surface area contributed by atoms with Crippen molar-refractivity contribution in [2.24, 2.45) is 0 Å². The molecule has 0 aliphatic carbocycles. The fourth-order valence-electron chi connectivity index (χ4n) is 1.77. The Morgan fingerprint density at radius 1 is 1.10 bits per heavy atom. The first-order valence-corrected chi connectivity index (χ1v) is 6.38. The summed E-state index contributed by atoms with van der Waals surface area (Å²) in [7, 11) is 1.58. The molecular formula is C17H17NO2. The summed E-state index contributed by atoms with van der Waals surface area (Å²) in [5.41, 5.74) is 2.85. The van der Waals surface area contributed by atoms with Crippen molar-refractivity contribution in [3.8, 4) is 5.75 Å². The third-order valence-corrected chi connectivity index (χ3v) is 2.87. The number of hydrogen-bond donors (Lipinski definition) is 1. The quantitative estimate of drug-likeness (QED) is 0.859. The Kier molecular flexibility index (Phi) is 4.56. The van der Waals surface area contributed by atoms with Gasteiger partial charge in [-0.1, -0.05) is 42.0 Å². The van der Waals surface area contributed by atoms with Crippen LogP contribution < -0.4 is 10.1 Å². The Bertz CT molecular complexity index is 615. The summed E-state index contributed by atoms with van der Waals surface area (Å²) in [6.07, 6.45) is 3.29. The van der Waals surface area contributed by atoms with Crippen LogP contribution in [-0.2, 0) is 4.79 Å². The maximum atomic E-state index is 11.9. The molecule has 0 spiro atoms. The van der Waals surface area contributed by atoms with Crippen molar-refractivity contribution >= 4 is 17.7 Å². The van der Waals surface area contributed by atoms with E-state index in [-0.39, 0.29) is 5.91 Å². The molecule has 2 rings (SSSR count). The Morgan fingerprint density at radius 2 is 1.80 bits per heavy atom. The van der Waals surface area contributed by atoms with Gasteiger partial charge in [-0.05, 0) is 30.7 Å². The minimum absolute atomic E-state index is 0.185. The number of methoxy groups -OCH3 is 1. The summed E-state index contributed by atoms with van der Waals surface area (Å²) in [5, 5.41) is 2.79. The average molecular weight is 267 g/mol. The molecule has 0 aliphatic rings. The number of carbonyl (C=O) groups is 1. The van der Waals surface area contributed by atoms with E-state index in [4.69, 9.17) is 4.74 Å². The number of benzene rings is 2. The predicted molar refractivity (Wildman–Crippen MR) is 81.8 cm³/mol. The molecule has 2 aromatic rings. The van der Waals surface area contributed by atoms with Crippen molar-refractivity contribution in [3.63, 3.8) is 0 Å². The number of aryl methyl sites for hydroxylation is 1. The largest absolute Gasteiger partial charge is 0.495 e. The summed E-state index contributed by atoms with van der Waals surface area (Å²) in [5.74, 6) is 0.458. The number of amides is 1. The van der Waals surface area contributed by atoms with Crippen LogP contribution in [0.25, 0.3) is 6.08 Å². The second-order valence-electron chi connectivity index (χ2n) is 4.43. The fourth-order valence-corrected chi connectivity index (χ4v) is 1.77. The van der Waals surface area contributed by atoms with Crippen molar-refractivity contribution in [2.45, 2.75) is 6.92 Å². The van der Waals surface area contributed by atoms with E-state index in [2.05, 4.69) is 5.32 Å². The van der Waals surface area contributed by atoms with Gasteiger partial charge in [-0.25, -0.2) is 0 Å². The normalized spacial score (nSPS) is 10.5. The van der Waals surface area contributed by atoms with Crippen LogP contribution in [-0.4, -0.2) is 13.0 Å². The minimum Gasteiger partial charge on any atom is -0.495 e. The minimum atomic E-state index is -0.185. The maximum absolute atomic E-state index is 11.9. The molecule has 0 unspecified atom stereocenters. The Morgan fingerprint density at radius 3 is 2.50 bits per heavy atom. The highest BCUT2D eigenvalue weighted by atomic mass is 16.5. The molecule has 0 bridgehead atoms. The number of ether oxygens (including phenoxy) is 1. The van der Waals surface area contributed by atoms with Gasteiger partial charge in [0.25, 0.3) is 0 Å². The number of para-hydroxylation sites is 2. The van der Waals surface area contributed by atoms with Gasteiger partial charge in [0.1, 0.15) is 5.75 Å². The molecular weight excluding hydrogens is 250 g/mol. The second-order valence-corrected chi connectivity index (χ2v) is 4.43. The highest BCUT2D eigenvalue weighted by Gasteiger charge is 2.03. The summed E-state index contributed by atoms with van der Waals surface area (Å²) < 4.78 is 5.18. The van der Waals surface area contributed by atoms with Gasteiger partial charge in [0.05, 0.1) is 12.8 Å². The zero-order chi connectivity index (χ0) is 14.4. The topological polar surface area (TPSA) is 38.3 Å². The molecule has 2 aromatic carbocycles. The van der Waals surface area contributed by atoms with Crippen LogP contribution >= 0.6 is 0 Å². The van der Waals surface area contributed by atoms with E-state index in [0.717, 1.165) is 5.56 Å². The molecule has 20 heavy (non-hydrogen) atoms. The van der Waals surface area contributed by atoms with Gasteiger partial charge in [0, 0.05) is 6.08 Å². The zero-order valence-electron chi connectivity index (χ0n) is 11.6. The van der Waals surface area contributed by atoms with E-state index < -0.39 is 0 Å². The van der Waals surface area contributed by atoms with Gasteiger partial charge in [-0.15, -0.1) is 0 Å². The maximum Gasteiger partial charge on any atom is 0.248 e. The molecule has 0 saturated heterocycles. The molecule has 0 heterocycles. The van der Waals surface area contributed by atoms with Crippen molar-refractivity contribution in [1.29, 1.82) is 0 Å². The zero-order valence-corrected chi connectivity index (χ0v) is 11.6. The lowest BCUT2D eigenvalue weighted by Crippen LogP contribution is -2.08. The van der Waals surface area contributed by atoms with Gasteiger partial charge in [-0.2, -0.15) is 0 Å². The van der Waals surface area contributed by atoms with Crippen molar-refractivity contribution in [3.05, 3.63) is 65.7 Å². The predicted octanol–water partition coefficient (Wildman–Crippen LogP) is 3.66. The number of hydrogen-bond acceptors (Lipinski definition) is 2. The highest BCUT2D eigenvalue weighted by Crippen LogP contribution is 2.22. The average Bonchev–Trinajstić information content (AvgIpc) is 2.47. The van der Waals surface area contributed by atoms with Gasteiger partial charge in [-0.3, -0.25) is 4.79 Å². The summed E-state index contributed by atoms with van der Waals surface area (Å²) in [4.78, 5) is 11.9. The molecule has 0 fully saturated rings. The lowest BCUT2D eigenvalue weighted by Gasteiger charge is -2.07. The summed E-state index contributed by atoms with van der Waals surface area (Å²) >= 11 is 0. The van der Waals surface area contributed by atoms with Gasteiger partial charge < -0.3 is 10.1 Å². The molecule has 1 amide bonds. The Hall–Kier alpha value is -2.55. The van der Waals surface area contributed by atoms with E-state index in [0.29, 0.717) is 11.4 Å². The first-order chi connectivity index (χ1) is 9.69. The lowest BCUT2D eigenvalue weighted by molar-refractivity contribution is -0.111. The third kappa shape index (κ3) is 3.72. The lowest BCUT2D eigenvalue weighted by atomic mass is 10.1. The molecule has 1 N–H and O–H groups in total. The molecule has 3 nitrogen and oxygen atoms in total. The highest BCUT2D eigenvalue weighted by molar-refractivity contribution is 6.02. The standard InChI is InChI=1S/C17H17NO2/c1-13-7-9-14(10-8-13)11-12-17(19)18-15-5-3-4-6-16(15)20-2/h3-12H,1-2H3,(H,18,19). The summed E-state index contributed by atoms with van der Waals surface area (Å²) in [6, 6.07) is 15.3. The number of rotatable bonds is 4. The van der Waals surface area contributed by atoms with Crippen LogP contribution in [0.1, 0.15) is 11.1 Å². The Labute approximate surface area is 118 Å². The first-order valence-electron chi connectivity index (χ1n) is 6.38. The van der Waals surface area contributed by atoms with Crippen molar-refractivity contribution < 1.29 is 9.53 Å². The van der Waals surface area contributed by atoms with E-state index in [1.165, 1.54) is 11.6 Å². The fraction of sp³-hybridized carbons (Fsp3) is 0.118. The third-order valence-electron chi connectivity index (χ3n) is 2.87. The van der Waals surface area contributed by atoms with Crippen LogP contribution in [0.4, 0.5) is 5.69 Å². The van der Waals surface area contributed by atoms with Crippen LogP contribution in [0.3, 0.4) is 0 Å². The monoisotopic (exact) mass is 267 g/mol. The number of nitrogens with one attached hydrogen (secondary N) is 1.